The van der Waals surface area contributed by atoms with Crippen LogP contribution in [-0.4, -0.2) is 45.9 Å². The van der Waals surface area contributed by atoms with Crippen molar-refractivity contribution in [2.24, 2.45) is 0 Å². The van der Waals surface area contributed by atoms with Crippen molar-refractivity contribution in [1.29, 1.82) is 0 Å². The zero-order valence-corrected chi connectivity index (χ0v) is 19.7. The number of aryl methyl sites for hydroxylation is 1. The molecule has 0 aliphatic carbocycles. The summed E-state index contributed by atoms with van der Waals surface area (Å²) in [5.41, 5.74) is 5.21. The summed E-state index contributed by atoms with van der Waals surface area (Å²) in [4.78, 5) is 2.48. The van der Waals surface area contributed by atoms with Crippen LogP contribution in [0, 0.1) is 6.92 Å². The third-order valence-electron chi connectivity index (χ3n) is 6.84. The Kier molecular flexibility index (Phi) is 6.45. The van der Waals surface area contributed by atoms with Crippen LogP contribution in [0.15, 0.2) is 66.7 Å². The van der Waals surface area contributed by atoms with Gasteiger partial charge in [-0.1, -0.05) is 24.6 Å². The van der Waals surface area contributed by atoms with Gasteiger partial charge in [0.25, 0.3) is 0 Å². The first-order valence-corrected chi connectivity index (χ1v) is 12.1. The third-order valence-corrected chi connectivity index (χ3v) is 6.84. The molecule has 3 aromatic carbocycles. The molecule has 4 aromatic rings. The van der Waals surface area contributed by atoms with Crippen molar-refractivity contribution in [3.8, 4) is 28.5 Å². The number of rotatable bonds is 7. The van der Waals surface area contributed by atoms with Gasteiger partial charge in [-0.05, 0) is 98.1 Å². The molecule has 34 heavy (non-hydrogen) atoms. The molecule has 1 aliphatic rings. The molecule has 1 saturated heterocycles. The van der Waals surface area contributed by atoms with Crippen molar-refractivity contribution < 1.29 is 14.9 Å². The molecular formula is C29H32N2O3. The first-order chi connectivity index (χ1) is 16.6. The van der Waals surface area contributed by atoms with Crippen molar-refractivity contribution in [3.05, 3.63) is 77.9 Å². The molecule has 0 unspecified atom stereocenters. The third kappa shape index (κ3) is 4.62. The number of fused-ring (bicyclic) bond motifs is 1. The Hall–Kier alpha value is -3.44. The molecule has 0 bridgehead atoms. The predicted molar refractivity (Wildman–Crippen MR) is 137 cm³/mol. The highest BCUT2D eigenvalue weighted by Gasteiger charge is 2.18. The number of aromatic nitrogens is 1. The summed E-state index contributed by atoms with van der Waals surface area (Å²) < 4.78 is 8.24. The quantitative estimate of drug-likeness (QED) is 0.361. The van der Waals surface area contributed by atoms with Crippen molar-refractivity contribution in [2.45, 2.75) is 32.7 Å². The van der Waals surface area contributed by atoms with Crippen LogP contribution in [0.25, 0.3) is 22.2 Å². The Morgan fingerprint density at radius 3 is 2.32 bits per heavy atom. The highest BCUT2D eigenvalue weighted by atomic mass is 16.5. The van der Waals surface area contributed by atoms with E-state index in [0.29, 0.717) is 13.2 Å². The van der Waals surface area contributed by atoms with Crippen molar-refractivity contribution in [1.82, 2.24) is 9.47 Å². The first kappa shape index (κ1) is 22.4. The van der Waals surface area contributed by atoms with Gasteiger partial charge in [-0.15, -0.1) is 0 Å². The molecule has 0 amide bonds. The summed E-state index contributed by atoms with van der Waals surface area (Å²) in [6.07, 6.45) is 3.95. The van der Waals surface area contributed by atoms with E-state index in [0.717, 1.165) is 45.6 Å². The maximum atomic E-state index is 10.6. The molecule has 176 valence electrons. The molecule has 5 heteroatoms. The zero-order valence-electron chi connectivity index (χ0n) is 19.7. The van der Waals surface area contributed by atoms with Gasteiger partial charge in [0.1, 0.15) is 23.9 Å². The van der Waals surface area contributed by atoms with Crippen molar-refractivity contribution in [2.75, 3.05) is 26.2 Å². The van der Waals surface area contributed by atoms with Gasteiger partial charge in [0.15, 0.2) is 0 Å². The van der Waals surface area contributed by atoms with Crippen LogP contribution in [0.4, 0.5) is 0 Å². The minimum Gasteiger partial charge on any atom is -0.508 e. The van der Waals surface area contributed by atoms with Gasteiger partial charge >= 0.3 is 0 Å². The van der Waals surface area contributed by atoms with E-state index in [-0.39, 0.29) is 11.5 Å². The molecule has 0 atom stereocenters. The first-order valence-electron chi connectivity index (χ1n) is 12.1. The standard InChI is InChI=1S/C29H32N2O3/c1-21-28-26(6-5-7-27(28)33)31(29(21)23-10-12-24(32)13-11-23)20-22-8-14-25(15-9-22)34-19-18-30-16-3-2-4-17-30/h5-15,32-33H,2-4,16-20H2,1H3. The lowest BCUT2D eigenvalue weighted by Gasteiger charge is -2.26. The van der Waals surface area contributed by atoms with E-state index < -0.39 is 0 Å². The van der Waals surface area contributed by atoms with E-state index in [1.54, 1.807) is 18.2 Å². The van der Waals surface area contributed by atoms with Crippen LogP contribution in [0.3, 0.4) is 0 Å². The summed E-state index contributed by atoms with van der Waals surface area (Å²) in [6.45, 7) is 6.77. The smallest absolute Gasteiger partial charge is 0.125 e. The number of benzene rings is 3. The number of ether oxygens (including phenoxy) is 1. The Labute approximate surface area is 200 Å². The molecule has 2 N–H and O–H groups in total. The largest absolute Gasteiger partial charge is 0.508 e. The summed E-state index contributed by atoms with van der Waals surface area (Å²) in [6, 6.07) is 21.2. The van der Waals surface area contributed by atoms with E-state index in [1.165, 1.54) is 32.4 Å². The van der Waals surface area contributed by atoms with E-state index in [9.17, 15) is 10.2 Å². The molecule has 2 heterocycles. The van der Waals surface area contributed by atoms with Crippen molar-refractivity contribution in [3.63, 3.8) is 0 Å². The number of nitrogens with zero attached hydrogens (tertiary/aromatic N) is 2. The zero-order chi connectivity index (χ0) is 23.5. The van der Waals surface area contributed by atoms with Gasteiger partial charge in [-0.2, -0.15) is 0 Å². The summed E-state index contributed by atoms with van der Waals surface area (Å²) in [5.74, 6) is 1.42. The topological polar surface area (TPSA) is 57.9 Å². The van der Waals surface area contributed by atoms with Gasteiger partial charge < -0.3 is 19.5 Å². The van der Waals surface area contributed by atoms with Gasteiger partial charge in [-0.25, -0.2) is 0 Å². The second-order valence-electron chi connectivity index (χ2n) is 9.17. The summed E-state index contributed by atoms with van der Waals surface area (Å²) in [7, 11) is 0. The maximum Gasteiger partial charge on any atom is 0.125 e. The van der Waals surface area contributed by atoms with Crippen LogP contribution < -0.4 is 4.74 Å². The molecular weight excluding hydrogens is 424 g/mol. The highest BCUT2D eigenvalue weighted by Crippen LogP contribution is 2.38. The molecule has 0 spiro atoms. The number of phenols is 2. The predicted octanol–water partition coefficient (Wildman–Crippen LogP) is 5.94. The van der Waals surface area contributed by atoms with Crippen LogP contribution in [-0.2, 0) is 6.54 Å². The maximum absolute atomic E-state index is 10.6. The van der Waals surface area contributed by atoms with Crippen LogP contribution in [0.5, 0.6) is 17.2 Å². The van der Waals surface area contributed by atoms with Crippen LogP contribution in [0.1, 0.15) is 30.4 Å². The highest BCUT2D eigenvalue weighted by molar-refractivity contribution is 5.95. The lowest BCUT2D eigenvalue weighted by Crippen LogP contribution is -2.33. The number of aromatic hydroxyl groups is 2. The Balaban J connectivity index is 1.38. The van der Waals surface area contributed by atoms with Crippen LogP contribution >= 0.6 is 0 Å². The second kappa shape index (κ2) is 9.82. The molecule has 0 saturated carbocycles. The minimum atomic E-state index is 0.239. The average Bonchev–Trinajstić information content (AvgIpc) is 3.14. The monoisotopic (exact) mass is 456 g/mol. The van der Waals surface area contributed by atoms with Gasteiger partial charge in [-0.3, -0.25) is 4.90 Å². The molecule has 1 fully saturated rings. The number of hydrogen-bond acceptors (Lipinski definition) is 4. The summed E-state index contributed by atoms with van der Waals surface area (Å²) >= 11 is 0. The SMILES string of the molecule is Cc1c(-c2ccc(O)cc2)n(Cc2ccc(OCCN3CCCCC3)cc2)c2cccc(O)c12. The Morgan fingerprint density at radius 1 is 0.853 bits per heavy atom. The summed E-state index contributed by atoms with van der Waals surface area (Å²) in [5, 5.41) is 21.2. The van der Waals surface area contributed by atoms with Crippen molar-refractivity contribution >= 4 is 10.9 Å². The van der Waals surface area contributed by atoms with E-state index >= 15 is 0 Å². The number of phenolic OH excluding ortho intramolecular Hbond substituents is 2. The fourth-order valence-electron chi connectivity index (χ4n) is 5.08. The van der Waals surface area contributed by atoms with Crippen LogP contribution in [0.2, 0.25) is 0 Å². The molecule has 0 radical (unpaired) electrons. The second-order valence-corrected chi connectivity index (χ2v) is 9.17. The lowest BCUT2D eigenvalue weighted by molar-refractivity contribution is 0.183. The number of hydrogen-bond donors (Lipinski definition) is 2. The number of piperidine rings is 1. The van der Waals surface area contributed by atoms with E-state index in [1.807, 2.05) is 43.3 Å². The average molecular weight is 457 g/mol. The molecule has 5 nitrogen and oxygen atoms in total. The van der Waals surface area contributed by atoms with Gasteiger partial charge in [0.05, 0.1) is 11.2 Å². The van der Waals surface area contributed by atoms with Gasteiger partial charge in [0, 0.05) is 18.5 Å². The minimum absolute atomic E-state index is 0.239. The fraction of sp³-hybridized carbons (Fsp3) is 0.310. The Morgan fingerprint density at radius 2 is 1.59 bits per heavy atom. The van der Waals surface area contributed by atoms with E-state index in [2.05, 4.69) is 21.6 Å². The molecule has 5 rings (SSSR count). The Bertz CT molecular complexity index is 1250. The normalized spacial score (nSPS) is 14.5. The fourth-order valence-corrected chi connectivity index (χ4v) is 5.08. The van der Waals surface area contributed by atoms with E-state index in [4.69, 9.17) is 4.74 Å². The molecule has 1 aromatic heterocycles. The lowest BCUT2D eigenvalue weighted by atomic mass is 10.1. The molecule has 1 aliphatic heterocycles. The number of likely N-dealkylation sites (tertiary alicyclic amines) is 1. The van der Waals surface area contributed by atoms with Gasteiger partial charge in [0.2, 0.25) is 0 Å².